The summed E-state index contributed by atoms with van der Waals surface area (Å²) in [5.41, 5.74) is 0. The maximum Gasteiger partial charge on any atom is 0.245 e. The summed E-state index contributed by atoms with van der Waals surface area (Å²) in [6.45, 7) is 3.74. The number of carbonyl (C=O) groups is 2. The Morgan fingerprint density at radius 1 is 1.20 bits per heavy atom. The van der Waals surface area contributed by atoms with Crippen LogP contribution < -0.4 is 10.6 Å². The van der Waals surface area contributed by atoms with Crippen molar-refractivity contribution in [3.63, 3.8) is 0 Å². The summed E-state index contributed by atoms with van der Waals surface area (Å²) in [5.74, 6) is 0.301. The third-order valence-electron chi connectivity index (χ3n) is 4.29. The summed E-state index contributed by atoms with van der Waals surface area (Å²) < 4.78 is 0. The Labute approximate surface area is 120 Å². The molecule has 4 unspecified atom stereocenters. The minimum Gasteiger partial charge on any atom is -0.391 e. The van der Waals surface area contributed by atoms with Crippen molar-refractivity contribution in [3.8, 4) is 0 Å². The molecule has 0 aromatic carbocycles. The van der Waals surface area contributed by atoms with Crippen molar-refractivity contribution in [3.05, 3.63) is 0 Å². The molecule has 2 rings (SSSR count). The van der Waals surface area contributed by atoms with Crippen LogP contribution in [0.25, 0.3) is 0 Å². The van der Waals surface area contributed by atoms with Crippen LogP contribution in [-0.2, 0) is 9.59 Å². The molecule has 5 heteroatoms. The van der Waals surface area contributed by atoms with E-state index in [-0.39, 0.29) is 23.8 Å². The lowest BCUT2D eigenvalue weighted by Gasteiger charge is -2.30. The van der Waals surface area contributed by atoms with E-state index in [2.05, 4.69) is 17.6 Å². The average Bonchev–Trinajstić information content (AvgIpc) is 3.19. The van der Waals surface area contributed by atoms with E-state index in [1.54, 1.807) is 6.92 Å². The topological polar surface area (TPSA) is 78.4 Å². The van der Waals surface area contributed by atoms with Crippen LogP contribution >= 0.6 is 0 Å². The molecule has 0 spiro atoms. The normalized spacial score (nSPS) is 29.4. The van der Waals surface area contributed by atoms with E-state index in [1.165, 1.54) is 6.42 Å². The van der Waals surface area contributed by atoms with Gasteiger partial charge in [0.2, 0.25) is 11.8 Å². The molecule has 20 heavy (non-hydrogen) atoms. The van der Waals surface area contributed by atoms with Crippen molar-refractivity contribution in [1.82, 2.24) is 10.6 Å². The van der Waals surface area contributed by atoms with Gasteiger partial charge in [0.15, 0.2) is 0 Å². The van der Waals surface area contributed by atoms with Crippen molar-refractivity contribution < 1.29 is 14.7 Å². The van der Waals surface area contributed by atoms with E-state index in [1.807, 2.05) is 0 Å². The molecule has 3 N–H and O–H groups in total. The van der Waals surface area contributed by atoms with E-state index in [0.717, 1.165) is 32.1 Å². The lowest BCUT2D eigenvalue weighted by Crippen LogP contribution is -2.55. The number of rotatable bonds is 5. The van der Waals surface area contributed by atoms with Gasteiger partial charge in [0, 0.05) is 12.0 Å². The van der Waals surface area contributed by atoms with E-state index >= 15 is 0 Å². The van der Waals surface area contributed by atoms with Crippen LogP contribution in [0.3, 0.4) is 0 Å². The summed E-state index contributed by atoms with van der Waals surface area (Å²) in [6, 6.07) is -0.661. The van der Waals surface area contributed by atoms with Crippen molar-refractivity contribution in [2.45, 2.75) is 70.6 Å². The lowest BCUT2D eigenvalue weighted by molar-refractivity contribution is -0.132. The van der Waals surface area contributed by atoms with Gasteiger partial charge in [-0.15, -0.1) is 0 Å². The van der Waals surface area contributed by atoms with Gasteiger partial charge in [-0.05, 0) is 38.5 Å². The molecule has 2 fully saturated rings. The predicted octanol–water partition coefficient (Wildman–Crippen LogP) is 0.957. The minimum absolute atomic E-state index is 0.0405. The summed E-state index contributed by atoms with van der Waals surface area (Å²) in [5, 5.41) is 15.4. The molecule has 0 radical (unpaired) electrons. The highest BCUT2D eigenvalue weighted by Crippen LogP contribution is 2.29. The van der Waals surface area contributed by atoms with Crippen LogP contribution in [0.1, 0.15) is 52.4 Å². The Bertz CT molecular complexity index is 366. The number of hydrogen-bond acceptors (Lipinski definition) is 3. The number of hydrogen-bond donors (Lipinski definition) is 3. The fourth-order valence-electron chi connectivity index (χ4n) is 2.88. The van der Waals surface area contributed by atoms with Crippen LogP contribution in [0.4, 0.5) is 0 Å². The number of carbonyl (C=O) groups excluding carboxylic acids is 2. The summed E-state index contributed by atoms with van der Waals surface area (Å²) >= 11 is 0. The molecular formula is C15H26N2O3. The van der Waals surface area contributed by atoms with Gasteiger partial charge in [0.1, 0.15) is 6.04 Å². The Balaban J connectivity index is 1.87. The molecule has 114 valence electrons. The molecule has 2 aliphatic carbocycles. The van der Waals surface area contributed by atoms with E-state index in [4.69, 9.17) is 0 Å². The second kappa shape index (κ2) is 6.57. The first-order valence-corrected chi connectivity index (χ1v) is 7.76. The van der Waals surface area contributed by atoms with E-state index < -0.39 is 12.1 Å². The first kappa shape index (κ1) is 15.3. The Kier molecular flexibility index (Phi) is 5.02. The van der Waals surface area contributed by atoms with Crippen LogP contribution in [0.5, 0.6) is 0 Å². The smallest absolute Gasteiger partial charge is 0.245 e. The third kappa shape index (κ3) is 4.20. The van der Waals surface area contributed by atoms with E-state index in [0.29, 0.717) is 5.92 Å². The Morgan fingerprint density at radius 3 is 2.45 bits per heavy atom. The number of aliphatic hydroxyl groups excluding tert-OH is 1. The molecule has 2 amide bonds. The van der Waals surface area contributed by atoms with Crippen LogP contribution in [-0.4, -0.2) is 35.1 Å². The lowest BCUT2D eigenvalue weighted by atomic mass is 9.87. The van der Waals surface area contributed by atoms with Crippen molar-refractivity contribution in [1.29, 1.82) is 0 Å². The average molecular weight is 282 g/mol. The quantitative estimate of drug-likeness (QED) is 0.702. The monoisotopic (exact) mass is 282 g/mol. The SMILES string of the molecule is CC1CCCC(NC(=O)C(NC(=O)C2CC2)C(C)O)C1. The summed E-state index contributed by atoms with van der Waals surface area (Å²) in [4.78, 5) is 24.0. The van der Waals surface area contributed by atoms with Crippen molar-refractivity contribution in [2.75, 3.05) is 0 Å². The number of amides is 2. The molecule has 0 aromatic rings. The predicted molar refractivity (Wildman–Crippen MR) is 75.9 cm³/mol. The van der Waals surface area contributed by atoms with Crippen LogP contribution in [0.2, 0.25) is 0 Å². The highest BCUT2D eigenvalue weighted by molar-refractivity contribution is 5.89. The zero-order chi connectivity index (χ0) is 14.7. The molecule has 0 bridgehead atoms. The summed E-state index contributed by atoms with van der Waals surface area (Å²) in [6.07, 6.45) is 5.21. The fraction of sp³-hybridized carbons (Fsp3) is 0.867. The van der Waals surface area contributed by atoms with E-state index in [9.17, 15) is 14.7 Å². The molecule has 2 saturated carbocycles. The Morgan fingerprint density at radius 2 is 1.90 bits per heavy atom. The largest absolute Gasteiger partial charge is 0.391 e. The molecule has 0 aromatic heterocycles. The molecule has 0 aliphatic heterocycles. The van der Waals surface area contributed by atoms with Gasteiger partial charge in [-0.1, -0.05) is 19.8 Å². The number of nitrogens with one attached hydrogen (secondary N) is 2. The zero-order valence-corrected chi connectivity index (χ0v) is 12.4. The highest BCUT2D eigenvalue weighted by Gasteiger charge is 2.35. The van der Waals surface area contributed by atoms with Crippen LogP contribution in [0.15, 0.2) is 0 Å². The molecule has 4 atom stereocenters. The second-order valence-electron chi connectivity index (χ2n) is 6.48. The van der Waals surface area contributed by atoms with Gasteiger partial charge < -0.3 is 15.7 Å². The third-order valence-corrected chi connectivity index (χ3v) is 4.29. The Hall–Kier alpha value is -1.10. The van der Waals surface area contributed by atoms with Crippen LogP contribution in [0, 0.1) is 11.8 Å². The van der Waals surface area contributed by atoms with Gasteiger partial charge in [-0.3, -0.25) is 9.59 Å². The first-order chi connectivity index (χ1) is 9.47. The minimum atomic E-state index is -0.876. The molecule has 0 saturated heterocycles. The molecule has 0 heterocycles. The summed E-state index contributed by atoms with van der Waals surface area (Å²) in [7, 11) is 0. The van der Waals surface area contributed by atoms with Crippen molar-refractivity contribution >= 4 is 11.8 Å². The van der Waals surface area contributed by atoms with Gasteiger partial charge in [0.25, 0.3) is 0 Å². The maximum atomic E-state index is 12.3. The maximum absolute atomic E-state index is 12.3. The van der Waals surface area contributed by atoms with Gasteiger partial charge in [0.05, 0.1) is 6.10 Å². The molecular weight excluding hydrogens is 256 g/mol. The van der Waals surface area contributed by atoms with Gasteiger partial charge in [-0.2, -0.15) is 0 Å². The highest BCUT2D eigenvalue weighted by atomic mass is 16.3. The first-order valence-electron chi connectivity index (χ1n) is 7.76. The standard InChI is InChI=1S/C15H26N2O3/c1-9-4-3-5-12(8-9)16-15(20)13(10(2)18)17-14(19)11-6-7-11/h9-13,18H,3-8H2,1-2H3,(H,16,20)(H,17,19). The van der Waals surface area contributed by atoms with Crippen molar-refractivity contribution in [2.24, 2.45) is 11.8 Å². The number of aliphatic hydroxyl groups is 1. The molecule has 5 nitrogen and oxygen atoms in total. The zero-order valence-electron chi connectivity index (χ0n) is 12.4. The second-order valence-corrected chi connectivity index (χ2v) is 6.48. The molecule has 2 aliphatic rings. The van der Waals surface area contributed by atoms with Gasteiger partial charge >= 0.3 is 0 Å². The fourth-order valence-corrected chi connectivity index (χ4v) is 2.88. The van der Waals surface area contributed by atoms with Gasteiger partial charge in [-0.25, -0.2) is 0 Å².